The molecule has 0 spiro atoms. The number of hydrogen-bond acceptors (Lipinski definition) is 5. The SMILES string of the molecule is CCCOCc1ccc(COc2cnn(C(C)(C)C)c(=O)c2Cl)c(OC)c1. The third-order valence-electron chi connectivity index (χ3n) is 3.87. The van der Waals surface area contributed by atoms with Crippen molar-refractivity contribution in [2.75, 3.05) is 13.7 Å². The molecule has 1 aromatic heterocycles. The Morgan fingerprint density at radius 3 is 2.56 bits per heavy atom. The van der Waals surface area contributed by atoms with Crippen LogP contribution in [0.25, 0.3) is 0 Å². The number of hydrogen-bond donors (Lipinski definition) is 0. The summed E-state index contributed by atoms with van der Waals surface area (Å²) in [7, 11) is 1.61. The first kappa shape index (κ1) is 21.3. The normalized spacial score (nSPS) is 11.5. The van der Waals surface area contributed by atoms with Crippen molar-refractivity contribution in [3.8, 4) is 11.5 Å². The Morgan fingerprint density at radius 2 is 1.93 bits per heavy atom. The number of methoxy groups -OCH3 is 1. The van der Waals surface area contributed by atoms with Gasteiger partial charge in [-0.3, -0.25) is 4.79 Å². The zero-order chi connectivity index (χ0) is 20.0. The molecular formula is C20H27ClN2O4. The number of ether oxygens (including phenoxy) is 3. The monoisotopic (exact) mass is 394 g/mol. The fourth-order valence-corrected chi connectivity index (χ4v) is 2.67. The minimum atomic E-state index is -0.460. The van der Waals surface area contributed by atoms with Crippen LogP contribution in [0.1, 0.15) is 45.2 Å². The minimum absolute atomic E-state index is 0.0171. The molecule has 0 fully saturated rings. The molecule has 0 aliphatic carbocycles. The Labute approximate surface area is 165 Å². The number of aromatic nitrogens is 2. The Balaban J connectivity index is 2.14. The Hall–Kier alpha value is -2.05. The van der Waals surface area contributed by atoms with Crippen LogP contribution in [0.5, 0.6) is 11.5 Å². The van der Waals surface area contributed by atoms with Gasteiger partial charge in [0, 0.05) is 12.2 Å². The first-order valence-corrected chi connectivity index (χ1v) is 9.30. The van der Waals surface area contributed by atoms with Crippen LogP contribution in [0.15, 0.2) is 29.2 Å². The van der Waals surface area contributed by atoms with Crippen molar-refractivity contribution in [3.63, 3.8) is 0 Å². The van der Waals surface area contributed by atoms with Gasteiger partial charge in [-0.15, -0.1) is 0 Å². The highest BCUT2D eigenvalue weighted by Gasteiger charge is 2.20. The van der Waals surface area contributed by atoms with E-state index in [0.717, 1.165) is 24.2 Å². The third-order valence-corrected chi connectivity index (χ3v) is 4.22. The number of benzene rings is 1. The van der Waals surface area contributed by atoms with Crippen LogP contribution in [0, 0.1) is 0 Å². The second kappa shape index (κ2) is 9.24. The third kappa shape index (κ3) is 5.47. The molecule has 0 aliphatic heterocycles. The molecule has 0 N–H and O–H groups in total. The van der Waals surface area contributed by atoms with Crippen molar-refractivity contribution in [2.45, 2.75) is 52.9 Å². The molecule has 27 heavy (non-hydrogen) atoms. The Kier molecular flexibility index (Phi) is 7.27. The largest absolute Gasteiger partial charge is 0.496 e. The van der Waals surface area contributed by atoms with E-state index >= 15 is 0 Å². The van der Waals surface area contributed by atoms with Crippen LogP contribution < -0.4 is 15.0 Å². The molecule has 7 heteroatoms. The number of rotatable bonds is 8. The van der Waals surface area contributed by atoms with Gasteiger partial charge in [0.1, 0.15) is 12.4 Å². The molecule has 0 aliphatic rings. The van der Waals surface area contributed by atoms with Crippen LogP contribution in [-0.2, 0) is 23.5 Å². The molecule has 0 bridgehead atoms. The highest BCUT2D eigenvalue weighted by Crippen LogP contribution is 2.25. The van der Waals surface area contributed by atoms with Crippen LogP contribution in [0.4, 0.5) is 0 Å². The zero-order valence-electron chi connectivity index (χ0n) is 16.5. The lowest BCUT2D eigenvalue weighted by Gasteiger charge is -2.21. The summed E-state index contributed by atoms with van der Waals surface area (Å²) in [6.45, 7) is 9.18. The summed E-state index contributed by atoms with van der Waals surface area (Å²) in [5.41, 5.74) is 1.03. The first-order valence-electron chi connectivity index (χ1n) is 8.92. The van der Waals surface area contributed by atoms with Gasteiger partial charge < -0.3 is 14.2 Å². The van der Waals surface area contributed by atoms with Crippen LogP contribution in [-0.4, -0.2) is 23.5 Å². The first-order chi connectivity index (χ1) is 12.8. The van der Waals surface area contributed by atoms with Gasteiger partial charge in [0.2, 0.25) is 0 Å². The van der Waals surface area contributed by atoms with Gasteiger partial charge in [-0.25, -0.2) is 4.68 Å². The summed E-state index contributed by atoms with van der Waals surface area (Å²) >= 11 is 6.19. The molecule has 6 nitrogen and oxygen atoms in total. The maximum Gasteiger partial charge on any atom is 0.289 e. The smallest absolute Gasteiger partial charge is 0.289 e. The molecule has 148 valence electrons. The van der Waals surface area contributed by atoms with Gasteiger partial charge in [0.05, 0.1) is 25.5 Å². The average molecular weight is 395 g/mol. The molecule has 0 saturated heterocycles. The summed E-state index contributed by atoms with van der Waals surface area (Å²) in [6.07, 6.45) is 2.44. The topological polar surface area (TPSA) is 62.6 Å². The quantitative estimate of drug-likeness (QED) is 0.629. The Bertz CT molecular complexity index is 828. The van der Waals surface area contributed by atoms with E-state index in [2.05, 4.69) is 12.0 Å². The molecule has 0 saturated carbocycles. The van der Waals surface area contributed by atoms with E-state index in [4.69, 9.17) is 25.8 Å². The zero-order valence-corrected chi connectivity index (χ0v) is 17.3. The van der Waals surface area contributed by atoms with Gasteiger partial charge in [0.25, 0.3) is 5.56 Å². The summed E-state index contributed by atoms with van der Waals surface area (Å²) in [5, 5.41) is 4.19. The van der Waals surface area contributed by atoms with Gasteiger partial charge in [-0.05, 0) is 38.8 Å². The minimum Gasteiger partial charge on any atom is -0.496 e. The van der Waals surface area contributed by atoms with Gasteiger partial charge in [-0.1, -0.05) is 30.7 Å². The van der Waals surface area contributed by atoms with Crippen LogP contribution >= 0.6 is 11.6 Å². The summed E-state index contributed by atoms with van der Waals surface area (Å²) in [4.78, 5) is 12.4. The Morgan fingerprint density at radius 1 is 1.19 bits per heavy atom. The molecule has 0 amide bonds. The molecule has 1 heterocycles. The number of halogens is 1. The lowest BCUT2D eigenvalue weighted by Crippen LogP contribution is -2.36. The van der Waals surface area contributed by atoms with Crippen LogP contribution in [0.2, 0.25) is 5.02 Å². The lowest BCUT2D eigenvalue weighted by molar-refractivity contribution is 0.121. The molecule has 0 radical (unpaired) electrons. The predicted octanol–water partition coefficient (Wildman–Crippen LogP) is 4.17. The van der Waals surface area contributed by atoms with Crippen molar-refractivity contribution >= 4 is 11.6 Å². The molecule has 2 aromatic rings. The predicted molar refractivity (Wildman–Crippen MR) is 106 cm³/mol. The van der Waals surface area contributed by atoms with Gasteiger partial charge in [0.15, 0.2) is 10.8 Å². The average Bonchev–Trinajstić information content (AvgIpc) is 2.62. The number of nitrogens with zero attached hydrogens (tertiary/aromatic N) is 2. The van der Waals surface area contributed by atoms with Crippen LogP contribution in [0.3, 0.4) is 0 Å². The van der Waals surface area contributed by atoms with E-state index in [1.807, 2.05) is 39.0 Å². The fourth-order valence-electron chi connectivity index (χ4n) is 2.48. The maximum absolute atomic E-state index is 12.4. The standard InChI is InChI=1S/C20H27ClN2O4/c1-6-9-26-12-14-7-8-15(16(10-14)25-5)13-27-17-11-22-23(20(2,3)4)19(24)18(17)21/h7-8,10-11H,6,9,12-13H2,1-5H3. The lowest BCUT2D eigenvalue weighted by atomic mass is 10.1. The second-order valence-corrected chi connectivity index (χ2v) is 7.58. The van der Waals surface area contributed by atoms with E-state index in [0.29, 0.717) is 12.4 Å². The maximum atomic E-state index is 12.4. The van der Waals surface area contributed by atoms with Crippen molar-refractivity contribution in [1.29, 1.82) is 0 Å². The molecule has 1 aromatic carbocycles. The van der Waals surface area contributed by atoms with E-state index in [-0.39, 0.29) is 22.9 Å². The van der Waals surface area contributed by atoms with E-state index in [1.54, 1.807) is 7.11 Å². The van der Waals surface area contributed by atoms with Crippen molar-refractivity contribution in [2.24, 2.45) is 0 Å². The van der Waals surface area contributed by atoms with Gasteiger partial charge in [-0.2, -0.15) is 5.10 Å². The van der Waals surface area contributed by atoms with Crippen molar-refractivity contribution in [1.82, 2.24) is 9.78 Å². The molecular weight excluding hydrogens is 368 g/mol. The highest BCUT2D eigenvalue weighted by molar-refractivity contribution is 6.31. The fraction of sp³-hybridized carbons (Fsp3) is 0.500. The van der Waals surface area contributed by atoms with Crippen molar-refractivity contribution < 1.29 is 14.2 Å². The summed E-state index contributed by atoms with van der Waals surface area (Å²) < 4.78 is 18.1. The molecule has 0 unspecified atom stereocenters. The molecule has 0 atom stereocenters. The van der Waals surface area contributed by atoms with Crippen molar-refractivity contribution in [3.05, 3.63) is 50.9 Å². The molecule has 2 rings (SSSR count). The van der Waals surface area contributed by atoms with E-state index in [1.165, 1.54) is 10.9 Å². The van der Waals surface area contributed by atoms with E-state index < -0.39 is 5.54 Å². The second-order valence-electron chi connectivity index (χ2n) is 7.20. The highest BCUT2D eigenvalue weighted by atomic mass is 35.5. The van der Waals surface area contributed by atoms with E-state index in [9.17, 15) is 4.79 Å². The summed E-state index contributed by atoms with van der Waals surface area (Å²) in [5.74, 6) is 0.944. The summed E-state index contributed by atoms with van der Waals surface area (Å²) in [6, 6.07) is 5.81. The van der Waals surface area contributed by atoms with Gasteiger partial charge >= 0.3 is 0 Å².